The van der Waals surface area contributed by atoms with Crippen LogP contribution in [0.5, 0.6) is 5.75 Å². The largest absolute Gasteiger partial charge is 0.495 e. The van der Waals surface area contributed by atoms with E-state index in [1.165, 1.54) is 7.11 Å². The van der Waals surface area contributed by atoms with E-state index < -0.39 is 0 Å². The van der Waals surface area contributed by atoms with Crippen LogP contribution in [-0.4, -0.2) is 17.1 Å². The number of nitrogens with zero attached hydrogens (tertiary/aromatic N) is 3. The van der Waals surface area contributed by atoms with Gasteiger partial charge in [-0.15, -0.1) is 0 Å². The summed E-state index contributed by atoms with van der Waals surface area (Å²) in [7, 11) is 1.52. The molecule has 6 N–H and O–H groups in total. The van der Waals surface area contributed by atoms with E-state index in [-0.39, 0.29) is 5.95 Å². The Morgan fingerprint density at radius 2 is 2.00 bits per heavy atom. The van der Waals surface area contributed by atoms with Crippen LogP contribution in [0.4, 0.5) is 23.3 Å². The number of anilines is 4. The molecule has 102 valence electrons. The molecule has 0 radical (unpaired) electrons. The van der Waals surface area contributed by atoms with Crippen molar-refractivity contribution in [1.29, 1.82) is 5.26 Å². The summed E-state index contributed by atoms with van der Waals surface area (Å²) in [5.41, 5.74) is 9.11. The number of nitriles is 1. The van der Waals surface area contributed by atoms with Crippen molar-refractivity contribution in [3.63, 3.8) is 0 Å². The lowest BCUT2D eigenvalue weighted by Crippen LogP contribution is -2.11. The summed E-state index contributed by atoms with van der Waals surface area (Å²) >= 11 is 0. The minimum Gasteiger partial charge on any atom is -0.495 e. The van der Waals surface area contributed by atoms with Gasteiger partial charge in [-0.2, -0.15) is 15.2 Å². The molecule has 0 saturated carbocycles. The molecule has 1 aromatic heterocycles. The van der Waals surface area contributed by atoms with Crippen molar-refractivity contribution < 1.29 is 4.74 Å². The van der Waals surface area contributed by atoms with E-state index in [9.17, 15) is 0 Å². The molecule has 1 heterocycles. The van der Waals surface area contributed by atoms with E-state index in [2.05, 4.69) is 20.7 Å². The second kappa shape index (κ2) is 5.73. The van der Waals surface area contributed by atoms with E-state index in [1.54, 1.807) is 24.3 Å². The average molecular weight is 271 g/mol. The minimum absolute atomic E-state index is 0.0792. The molecule has 2 aromatic rings. The van der Waals surface area contributed by atoms with Crippen molar-refractivity contribution in [2.75, 3.05) is 23.6 Å². The Hall–Kier alpha value is -3.05. The normalized spacial score (nSPS) is 9.65. The number of methoxy groups -OCH3 is 1. The molecule has 8 heteroatoms. The molecule has 20 heavy (non-hydrogen) atoms. The van der Waals surface area contributed by atoms with Gasteiger partial charge in [0.05, 0.1) is 24.4 Å². The maximum Gasteiger partial charge on any atom is 0.223 e. The van der Waals surface area contributed by atoms with Gasteiger partial charge in [0.25, 0.3) is 0 Å². The van der Waals surface area contributed by atoms with Crippen LogP contribution in [0, 0.1) is 11.3 Å². The average Bonchev–Trinajstić information content (AvgIpc) is 2.47. The Balaban J connectivity index is 2.34. The lowest BCUT2D eigenvalue weighted by molar-refractivity contribution is 0.416. The number of nitrogens with two attached hydrogens (primary N) is 2. The van der Waals surface area contributed by atoms with Gasteiger partial charge in [-0.05, 0) is 12.1 Å². The van der Waals surface area contributed by atoms with Gasteiger partial charge in [-0.1, -0.05) is 0 Å². The van der Waals surface area contributed by atoms with Crippen molar-refractivity contribution in [2.24, 2.45) is 5.84 Å². The summed E-state index contributed by atoms with van der Waals surface area (Å²) in [4.78, 5) is 7.91. The first kappa shape index (κ1) is 13.4. The van der Waals surface area contributed by atoms with Gasteiger partial charge in [0.1, 0.15) is 17.4 Å². The van der Waals surface area contributed by atoms with E-state index in [0.29, 0.717) is 28.6 Å². The van der Waals surface area contributed by atoms with Gasteiger partial charge in [0, 0.05) is 12.1 Å². The van der Waals surface area contributed by atoms with Crippen LogP contribution in [0.15, 0.2) is 24.3 Å². The molecular formula is C12H13N7O. The minimum atomic E-state index is 0.0792. The number of nitrogens with one attached hydrogen (secondary N) is 2. The maximum absolute atomic E-state index is 8.86. The molecule has 0 saturated heterocycles. The number of hydrogen-bond donors (Lipinski definition) is 4. The second-order valence-electron chi connectivity index (χ2n) is 3.79. The third-order valence-corrected chi connectivity index (χ3v) is 2.48. The highest BCUT2D eigenvalue weighted by molar-refractivity contribution is 5.67. The highest BCUT2D eigenvalue weighted by Crippen LogP contribution is 2.28. The summed E-state index contributed by atoms with van der Waals surface area (Å²) in [6.45, 7) is 0. The molecule has 1 aromatic carbocycles. The highest BCUT2D eigenvalue weighted by Gasteiger charge is 2.07. The third kappa shape index (κ3) is 2.85. The summed E-state index contributed by atoms with van der Waals surface area (Å²) in [6.07, 6.45) is 0. The highest BCUT2D eigenvalue weighted by atomic mass is 16.5. The van der Waals surface area contributed by atoms with Crippen molar-refractivity contribution in [3.8, 4) is 11.8 Å². The lowest BCUT2D eigenvalue weighted by atomic mass is 10.2. The first-order chi connectivity index (χ1) is 9.66. The Morgan fingerprint density at radius 1 is 1.25 bits per heavy atom. The molecule has 2 rings (SSSR count). The molecule has 0 aliphatic heterocycles. The van der Waals surface area contributed by atoms with Gasteiger partial charge in [-0.25, -0.2) is 5.84 Å². The molecule has 0 unspecified atom stereocenters. The van der Waals surface area contributed by atoms with Crippen molar-refractivity contribution in [3.05, 3.63) is 29.8 Å². The van der Waals surface area contributed by atoms with Crippen molar-refractivity contribution in [2.45, 2.75) is 0 Å². The predicted octanol–water partition coefficient (Wildman–Crippen LogP) is 0.968. The Kier molecular flexibility index (Phi) is 3.83. The van der Waals surface area contributed by atoms with Crippen molar-refractivity contribution >= 4 is 23.3 Å². The number of aromatic nitrogens is 2. The summed E-state index contributed by atoms with van der Waals surface area (Å²) < 4.78 is 5.22. The SMILES string of the molecule is COc1cc(C#N)ccc1Nc1cc(NN)nc(N)n1. The maximum atomic E-state index is 8.86. The van der Waals surface area contributed by atoms with Crippen LogP contribution in [0.1, 0.15) is 5.56 Å². The molecule has 8 nitrogen and oxygen atoms in total. The number of rotatable bonds is 4. The van der Waals surface area contributed by atoms with Gasteiger partial charge in [-0.3, -0.25) is 0 Å². The Bertz CT molecular complexity index is 665. The molecular weight excluding hydrogens is 258 g/mol. The van der Waals surface area contributed by atoms with Gasteiger partial charge in [0.2, 0.25) is 5.95 Å². The number of hydrogen-bond acceptors (Lipinski definition) is 8. The standard InChI is InChI=1S/C12H13N7O/c1-20-9-4-7(6-13)2-3-8(9)16-10-5-11(19-15)18-12(14)17-10/h2-5H,15H2,1H3,(H4,14,16,17,18,19). The van der Waals surface area contributed by atoms with Crippen LogP contribution in [0.2, 0.25) is 0 Å². The van der Waals surface area contributed by atoms with Crippen LogP contribution in [0.25, 0.3) is 0 Å². The topological polar surface area (TPSA) is 135 Å². The molecule has 0 fully saturated rings. The fourth-order valence-electron chi connectivity index (χ4n) is 1.61. The van der Waals surface area contributed by atoms with E-state index in [1.807, 2.05) is 6.07 Å². The fourth-order valence-corrected chi connectivity index (χ4v) is 1.61. The van der Waals surface area contributed by atoms with Crippen LogP contribution in [0.3, 0.4) is 0 Å². The van der Waals surface area contributed by atoms with E-state index in [4.69, 9.17) is 21.6 Å². The number of ether oxygens (including phenoxy) is 1. The Labute approximate surface area is 115 Å². The molecule has 0 bridgehead atoms. The number of hydrazine groups is 1. The Morgan fingerprint density at radius 3 is 2.65 bits per heavy atom. The van der Waals surface area contributed by atoms with E-state index in [0.717, 1.165) is 0 Å². The fraction of sp³-hybridized carbons (Fsp3) is 0.0833. The molecule has 0 aliphatic rings. The zero-order valence-corrected chi connectivity index (χ0v) is 10.7. The summed E-state index contributed by atoms with van der Waals surface area (Å²) in [6, 6.07) is 8.63. The van der Waals surface area contributed by atoms with Crippen molar-refractivity contribution in [1.82, 2.24) is 9.97 Å². The zero-order chi connectivity index (χ0) is 14.5. The first-order valence-corrected chi connectivity index (χ1v) is 5.62. The van der Waals surface area contributed by atoms with Crippen LogP contribution < -0.4 is 27.1 Å². The summed E-state index contributed by atoms with van der Waals surface area (Å²) in [5, 5.41) is 11.9. The first-order valence-electron chi connectivity index (χ1n) is 5.62. The summed E-state index contributed by atoms with van der Waals surface area (Å²) in [5.74, 6) is 6.72. The second-order valence-corrected chi connectivity index (χ2v) is 3.79. The monoisotopic (exact) mass is 271 g/mol. The van der Waals surface area contributed by atoms with Crippen LogP contribution in [-0.2, 0) is 0 Å². The van der Waals surface area contributed by atoms with E-state index >= 15 is 0 Å². The predicted molar refractivity (Wildman–Crippen MR) is 75.2 cm³/mol. The molecule has 0 spiro atoms. The van der Waals surface area contributed by atoms with Crippen LogP contribution >= 0.6 is 0 Å². The molecule has 0 amide bonds. The number of nitrogen functional groups attached to an aromatic ring is 2. The lowest BCUT2D eigenvalue weighted by Gasteiger charge is -2.11. The third-order valence-electron chi connectivity index (χ3n) is 2.48. The molecule has 0 aliphatic carbocycles. The van der Waals surface area contributed by atoms with Gasteiger partial charge < -0.3 is 21.2 Å². The zero-order valence-electron chi connectivity index (χ0n) is 10.7. The smallest absolute Gasteiger partial charge is 0.223 e. The number of benzene rings is 1. The van der Waals surface area contributed by atoms with Gasteiger partial charge in [0.15, 0.2) is 0 Å². The quantitative estimate of drug-likeness (QED) is 0.477. The molecule has 0 atom stereocenters. The van der Waals surface area contributed by atoms with Gasteiger partial charge >= 0.3 is 0 Å².